The molecule has 35 heavy (non-hydrogen) atoms. The molecule has 0 saturated heterocycles. The third-order valence-electron chi connectivity index (χ3n) is 5.23. The first-order valence-corrected chi connectivity index (χ1v) is 11.4. The summed E-state index contributed by atoms with van der Waals surface area (Å²) in [7, 11) is 0. The number of anilines is 3. The van der Waals surface area contributed by atoms with Crippen molar-refractivity contribution in [2.75, 3.05) is 16.3 Å². The van der Waals surface area contributed by atoms with Crippen LogP contribution in [0, 0.1) is 0 Å². The van der Waals surface area contributed by atoms with Crippen LogP contribution < -0.4 is 15.1 Å². The van der Waals surface area contributed by atoms with E-state index in [2.05, 4.69) is 10.3 Å². The Kier molecular flexibility index (Phi) is 6.04. The molecule has 0 atom stereocenters. The molecule has 0 fully saturated rings. The van der Waals surface area contributed by atoms with Gasteiger partial charge in [-0.05, 0) is 70.9 Å². The number of hydrogen-bond donors (Lipinski definition) is 1. The zero-order valence-electron chi connectivity index (χ0n) is 20.8. The first-order chi connectivity index (χ1) is 16.3. The number of nitrogens with zero attached hydrogens (tertiary/aromatic N) is 3. The van der Waals surface area contributed by atoms with Crippen LogP contribution >= 0.6 is 0 Å². The van der Waals surface area contributed by atoms with E-state index in [0.717, 1.165) is 11.1 Å². The lowest BCUT2D eigenvalue weighted by Gasteiger charge is -2.29. The molecule has 0 spiro atoms. The summed E-state index contributed by atoms with van der Waals surface area (Å²) >= 11 is 0. The summed E-state index contributed by atoms with van der Waals surface area (Å²) < 4.78 is 11.4. The fourth-order valence-electron chi connectivity index (χ4n) is 3.85. The average Bonchev–Trinajstić information content (AvgIpc) is 3.10. The summed E-state index contributed by atoms with van der Waals surface area (Å²) in [6.45, 7) is 11.3. The average molecular weight is 479 g/mol. The van der Waals surface area contributed by atoms with Gasteiger partial charge in [0.2, 0.25) is 5.91 Å². The molecule has 2 aliphatic rings. The SMILES string of the molecule is CC(C)(C)OC(=O)N1Cc2cccnc2N(C(=O)OC(C)(C)C)c2ccc(C3=CC(=O)NC3)cc21. The van der Waals surface area contributed by atoms with E-state index in [4.69, 9.17) is 9.47 Å². The number of hydrogen-bond acceptors (Lipinski definition) is 6. The highest BCUT2D eigenvalue weighted by Gasteiger charge is 2.36. The molecule has 1 N–H and O–H groups in total. The van der Waals surface area contributed by atoms with Crippen LogP contribution in [0.25, 0.3) is 5.57 Å². The van der Waals surface area contributed by atoms with Crippen molar-refractivity contribution >= 4 is 40.9 Å². The summed E-state index contributed by atoms with van der Waals surface area (Å²) in [5.41, 5.74) is 1.58. The summed E-state index contributed by atoms with van der Waals surface area (Å²) in [4.78, 5) is 46.0. The number of aromatic nitrogens is 1. The third kappa shape index (κ3) is 5.29. The second-order valence-corrected chi connectivity index (χ2v) is 10.5. The van der Waals surface area contributed by atoms with Crippen molar-refractivity contribution in [3.05, 3.63) is 53.7 Å². The van der Waals surface area contributed by atoms with Crippen LogP contribution in [-0.4, -0.2) is 40.8 Å². The lowest BCUT2D eigenvalue weighted by atomic mass is 10.0. The number of carbonyl (C=O) groups excluding carboxylic acids is 3. The molecule has 0 radical (unpaired) electrons. The number of ether oxygens (including phenoxy) is 2. The van der Waals surface area contributed by atoms with Gasteiger partial charge in [-0.1, -0.05) is 12.1 Å². The minimum absolute atomic E-state index is 0.129. The number of nitrogens with one attached hydrogen (secondary N) is 1. The minimum Gasteiger partial charge on any atom is -0.443 e. The van der Waals surface area contributed by atoms with E-state index in [1.165, 1.54) is 15.9 Å². The molecule has 2 aromatic rings. The Hall–Kier alpha value is -3.88. The highest BCUT2D eigenvalue weighted by molar-refractivity contribution is 6.06. The number of rotatable bonds is 1. The van der Waals surface area contributed by atoms with Crippen molar-refractivity contribution in [2.24, 2.45) is 0 Å². The standard InChI is InChI=1S/C26H30N4O5/c1-25(2,3)34-23(32)29-15-17-8-7-11-27-22(17)30(24(33)35-26(4,5)6)19-10-9-16(12-20(19)29)18-13-21(31)28-14-18/h7-13H,14-15H2,1-6H3,(H,28,31). The van der Waals surface area contributed by atoms with Crippen LogP contribution in [0.5, 0.6) is 0 Å². The molecule has 4 rings (SSSR count). The number of pyridine rings is 1. The molecule has 0 saturated carbocycles. The highest BCUT2D eigenvalue weighted by atomic mass is 16.6. The van der Waals surface area contributed by atoms with Gasteiger partial charge in [-0.3, -0.25) is 9.69 Å². The molecular weight excluding hydrogens is 448 g/mol. The molecule has 0 aliphatic carbocycles. The Morgan fingerprint density at radius 2 is 1.66 bits per heavy atom. The van der Waals surface area contributed by atoms with Crippen molar-refractivity contribution in [3.63, 3.8) is 0 Å². The Balaban J connectivity index is 1.91. The van der Waals surface area contributed by atoms with E-state index in [0.29, 0.717) is 29.3 Å². The summed E-state index contributed by atoms with van der Waals surface area (Å²) in [5, 5.41) is 2.76. The predicted molar refractivity (Wildman–Crippen MR) is 132 cm³/mol. The van der Waals surface area contributed by atoms with Crippen LogP contribution in [0.4, 0.5) is 26.8 Å². The van der Waals surface area contributed by atoms with Crippen LogP contribution in [-0.2, 0) is 20.8 Å². The van der Waals surface area contributed by atoms with E-state index < -0.39 is 23.4 Å². The molecular formula is C26H30N4O5. The van der Waals surface area contributed by atoms with Crippen molar-refractivity contribution in [3.8, 4) is 0 Å². The lowest BCUT2D eigenvalue weighted by Crippen LogP contribution is -2.37. The Labute approximate surface area is 204 Å². The van der Waals surface area contributed by atoms with Gasteiger partial charge in [-0.25, -0.2) is 19.5 Å². The summed E-state index contributed by atoms with van der Waals surface area (Å²) in [5.74, 6) is 0.199. The molecule has 1 aromatic heterocycles. The monoisotopic (exact) mass is 478 g/mol. The minimum atomic E-state index is -0.746. The van der Waals surface area contributed by atoms with Gasteiger partial charge in [0.25, 0.3) is 0 Å². The number of carbonyl (C=O) groups is 3. The maximum absolute atomic E-state index is 13.4. The van der Waals surface area contributed by atoms with Crippen LogP contribution in [0.1, 0.15) is 52.7 Å². The molecule has 9 heteroatoms. The molecule has 2 aliphatic heterocycles. The van der Waals surface area contributed by atoms with Gasteiger partial charge in [-0.15, -0.1) is 0 Å². The Morgan fingerprint density at radius 1 is 0.971 bits per heavy atom. The molecule has 184 valence electrons. The van der Waals surface area contributed by atoms with Crippen LogP contribution in [0.15, 0.2) is 42.6 Å². The fraction of sp³-hybridized carbons (Fsp3) is 0.385. The smallest absolute Gasteiger partial charge is 0.420 e. The quantitative estimate of drug-likeness (QED) is 0.624. The highest BCUT2D eigenvalue weighted by Crippen LogP contribution is 2.42. The first-order valence-electron chi connectivity index (χ1n) is 11.4. The van der Waals surface area contributed by atoms with E-state index in [1.54, 1.807) is 65.9 Å². The fourth-order valence-corrected chi connectivity index (χ4v) is 3.85. The maximum atomic E-state index is 13.4. The maximum Gasteiger partial charge on any atom is 0.420 e. The molecule has 9 nitrogen and oxygen atoms in total. The molecule has 3 amide bonds. The van der Waals surface area contributed by atoms with E-state index in [1.807, 2.05) is 12.1 Å². The van der Waals surface area contributed by atoms with Crippen molar-refractivity contribution in [1.29, 1.82) is 0 Å². The second-order valence-electron chi connectivity index (χ2n) is 10.5. The first kappa shape index (κ1) is 24.3. The van der Waals surface area contributed by atoms with Gasteiger partial charge in [0, 0.05) is 24.4 Å². The largest absolute Gasteiger partial charge is 0.443 e. The second kappa shape index (κ2) is 8.72. The number of amides is 3. The zero-order valence-corrected chi connectivity index (χ0v) is 20.8. The van der Waals surface area contributed by atoms with Gasteiger partial charge in [0.15, 0.2) is 0 Å². The van der Waals surface area contributed by atoms with Gasteiger partial charge in [-0.2, -0.15) is 0 Å². The van der Waals surface area contributed by atoms with E-state index in [-0.39, 0.29) is 12.5 Å². The van der Waals surface area contributed by atoms with Crippen molar-refractivity contribution in [1.82, 2.24) is 10.3 Å². The molecule has 0 bridgehead atoms. The summed E-state index contributed by atoms with van der Waals surface area (Å²) in [6.07, 6.45) is 1.94. The van der Waals surface area contributed by atoms with Gasteiger partial charge < -0.3 is 14.8 Å². The molecule has 1 aromatic carbocycles. The summed E-state index contributed by atoms with van der Waals surface area (Å²) in [6, 6.07) is 8.89. The van der Waals surface area contributed by atoms with E-state index >= 15 is 0 Å². The predicted octanol–water partition coefficient (Wildman–Crippen LogP) is 4.92. The van der Waals surface area contributed by atoms with Gasteiger partial charge >= 0.3 is 12.2 Å². The van der Waals surface area contributed by atoms with Crippen LogP contribution in [0.2, 0.25) is 0 Å². The molecule has 3 heterocycles. The van der Waals surface area contributed by atoms with Crippen molar-refractivity contribution in [2.45, 2.75) is 59.3 Å². The van der Waals surface area contributed by atoms with Gasteiger partial charge in [0.1, 0.15) is 17.0 Å². The zero-order chi connectivity index (χ0) is 25.5. The number of fused-ring (bicyclic) bond motifs is 2. The van der Waals surface area contributed by atoms with E-state index in [9.17, 15) is 14.4 Å². The third-order valence-corrected chi connectivity index (χ3v) is 5.23. The normalized spacial score (nSPS) is 15.5. The number of benzene rings is 1. The van der Waals surface area contributed by atoms with Gasteiger partial charge in [0.05, 0.1) is 17.9 Å². The van der Waals surface area contributed by atoms with Crippen molar-refractivity contribution < 1.29 is 23.9 Å². The topological polar surface area (TPSA) is 101 Å². The van der Waals surface area contributed by atoms with Crippen LogP contribution in [0.3, 0.4) is 0 Å². The molecule has 0 unspecified atom stereocenters. The Bertz CT molecular complexity index is 1220. The lowest BCUT2D eigenvalue weighted by molar-refractivity contribution is -0.115. The Morgan fingerprint density at radius 3 is 2.29 bits per heavy atom.